The predicted octanol–water partition coefficient (Wildman–Crippen LogP) is 3.07. The van der Waals surface area contributed by atoms with Gasteiger partial charge in [-0.1, -0.05) is 30.3 Å². The van der Waals surface area contributed by atoms with E-state index in [-0.39, 0.29) is 24.3 Å². The van der Waals surface area contributed by atoms with Crippen LogP contribution < -0.4 is 5.32 Å². The summed E-state index contributed by atoms with van der Waals surface area (Å²) >= 11 is 0. The number of carbonyl (C=O) groups excluding carboxylic acids is 2. The fraction of sp³-hybridized carbons (Fsp3) is 0.520. The number of benzene rings is 1. The fourth-order valence-electron chi connectivity index (χ4n) is 6.62. The van der Waals surface area contributed by atoms with Gasteiger partial charge in [-0.2, -0.15) is 0 Å². The highest BCUT2D eigenvalue weighted by Crippen LogP contribution is 2.55. The first-order valence-electron chi connectivity index (χ1n) is 11.2. The Bertz CT molecular complexity index is 996. The summed E-state index contributed by atoms with van der Waals surface area (Å²) in [4.78, 5) is 26.5. The van der Waals surface area contributed by atoms with Crippen LogP contribution in [0.25, 0.3) is 0 Å². The number of hydrogen-bond donors (Lipinski definition) is 2. The summed E-state index contributed by atoms with van der Waals surface area (Å²) in [5.74, 6) is 0.973. The van der Waals surface area contributed by atoms with Gasteiger partial charge in [0.1, 0.15) is 5.69 Å². The quantitative estimate of drug-likeness (QED) is 0.701. The van der Waals surface area contributed by atoms with Crippen molar-refractivity contribution in [3.8, 4) is 0 Å². The second kappa shape index (κ2) is 7.61. The van der Waals surface area contributed by atoms with E-state index in [1.807, 2.05) is 18.2 Å². The molecular formula is C25H30N2O4. The molecule has 0 radical (unpaired) electrons. The molecule has 1 amide bonds. The lowest BCUT2D eigenvalue weighted by molar-refractivity contribution is -0.137. The number of ketones is 1. The van der Waals surface area contributed by atoms with E-state index in [0.29, 0.717) is 40.3 Å². The van der Waals surface area contributed by atoms with Gasteiger partial charge >= 0.3 is 0 Å². The molecule has 1 aromatic heterocycles. The Morgan fingerprint density at radius 3 is 2.45 bits per heavy atom. The van der Waals surface area contributed by atoms with Crippen molar-refractivity contribution in [2.24, 2.45) is 24.8 Å². The molecule has 164 valence electrons. The highest BCUT2D eigenvalue weighted by atomic mass is 16.5. The van der Waals surface area contributed by atoms with E-state index in [2.05, 4.69) is 5.32 Å². The van der Waals surface area contributed by atoms with Gasteiger partial charge in [0.15, 0.2) is 0 Å². The van der Waals surface area contributed by atoms with E-state index in [0.717, 1.165) is 32.1 Å². The Kier molecular flexibility index (Phi) is 5.02. The lowest BCUT2D eigenvalue weighted by atomic mass is 9.52. The van der Waals surface area contributed by atoms with Crippen molar-refractivity contribution in [1.82, 2.24) is 9.88 Å². The largest absolute Gasteiger partial charge is 0.390 e. The molecule has 1 aromatic carbocycles. The highest BCUT2D eigenvalue weighted by molar-refractivity contribution is 6.09. The number of ether oxygens (including phenoxy) is 1. The number of rotatable bonds is 6. The Labute approximate surface area is 182 Å². The van der Waals surface area contributed by atoms with Gasteiger partial charge in [-0.25, -0.2) is 0 Å². The summed E-state index contributed by atoms with van der Waals surface area (Å²) in [5.41, 5.74) is 1.73. The second-order valence-corrected chi connectivity index (χ2v) is 9.78. The van der Waals surface area contributed by atoms with E-state index in [4.69, 9.17) is 4.74 Å². The van der Waals surface area contributed by atoms with Crippen LogP contribution in [0.5, 0.6) is 0 Å². The smallest absolute Gasteiger partial charge is 0.268 e. The first-order chi connectivity index (χ1) is 14.9. The first-order valence-corrected chi connectivity index (χ1v) is 11.2. The molecule has 1 heterocycles. The van der Waals surface area contributed by atoms with Crippen molar-refractivity contribution in [1.29, 1.82) is 0 Å². The number of amides is 1. The molecule has 4 bridgehead atoms. The highest BCUT2D eigenvalue weighted by Gasteiger charge is 2.55. The summed E-state index contributed by atoms with van der Waals surface area (Å²) in [6.07, 6.45) is 4.64. The maximum atomic E-state index is 13.4. The number of nitrogens with one attached hydrogen (secondary N) is 1. The van der Waals surface area contributed by atoms with E-state index < -0.39 is 5.60 Å². The van der Waals surface area contributed by atoms with Crippen LogP contribution in [0.1, 0.15) is 64.2 Å². The molecule has 6 nitrogen and oxygen atoms in total. The molecule has 4 fully saturated rings. The number of aliphatic hydroxyl groups is 1. The lowest BCUT2D eigenvalue weighted by Gasteiger charge is -2.58. The maximum absolute atomic E-state index is 13.4. The molecule has 0 saturated heterocycles. The second-order valence-electron chi connectivity index (χ2n) is 9.78. The molecule has 6 heteroatoms. The monoisotopic (exact) mass is 422 g/mol. The van der Waals surface area contributed by atoms with Gasteiger partial charge in [0.25, 0.3) is 5.91 Å². The Morgan fingerprint density at radius 1 is 1.16 bits per heavy atom. The van der Waals surface area contributed by atoms with Crippen LogP contribution in [0.15, 0.2) is 36.4 Å². The van der Waals surface area contributed by atoms with Crippen molar-refractivity contribution in [2.75, 3.05) is 7.11 Å². The zero-order valence-electron chi connectivity index (χ0n) is 18.1. The fourth-order valence-corrected chi connectivity index (χ4v) is 6.62. The summed E-state index contributed by atoms with van der Waals surface area (Å²) in [6, 6.07) is 11.0. The third-order valence-corrected chi connectivity index (χ3v) is 7.63. The zero-order valence-corrected chi connectivity index (χ0v) is 18.1. The molecule has 2 aromatic rings. The zero-order chi connectivity index (χ0) is 21.8. The molecule has 31 heavy (non-hydrogen) atoms. The maximum Gasteiger partial charge on any atom is 0.268 e. The average Bonchev–Trinajstić information content (AvgIpc) is 3.06. The molecule has 4 aliphatic carbocycles. The Hall–Kier alpha value is -2.44. The summed E-state index contributed by atoms with van der Waals surface area (Å²) in [7, 11) is 3.36. The van der Waals surface area contributed by atoms with E-state index >= 15 is 0 Å². The van der Waals surface area contributed by atoms with Crippen molar-refractivity contribution >= 4 is 11.7 Å². The van der Waals surface area contributed by atoms with Crippen LogP contribution in [0.4, 0.5) is 0 Å². The van der Waals surface area contributed by atoms with Gasteiger partial charge < -0.3 is 19.7 Å². The molecule has 2 atom stereocenters. The summed E-state index contributed by atoms with van der Waals surface area (Å²) < 4.78 is 7.03. The van der Waals surface area contributed by atoms with E-state index in [1.54, 1.807) is 36.9 Å². The number of hydrogen-bond acceptors (Lipinski definition) is 4. The molecule has 2 N–H and O–H groups in total. The third kappa shape index (κ3) is 3.52. The molecular weight excluding hydrogens is 392 g/mol. The molecule has 0 spiro atoms. The van der Waals surface area contributed by atoms with Gasteiger partial charge in [-0.05, 0) is 55.9 Å². The van der Waals surface area contributed by atoms with E-state index in [9.17, 15) is 14.7 Å². The Morgan fingerprint density at radius 2 is 1.84 bits per heavy atom. The minimum Gasteiger partial charge on any atom is -0.390 e. The van der Waals surface area contributed by atoms with Gasteiger partial charge in [0.2, 0.25) is 5.78 Å². The van der Waals surface area contributed by atoms with Crippen LogP contribution in [0, 0.1) is 17.8 Å². The summed E-state index contributed by atoms with van der Waals surface area (Å²) in [5, 5.41) is 14.1. The minimum absolute atomic E-state index is 0.0860. The minimum atomic E-state index is -0.529. The number of aromatic nitrogens is 1. The normalized spacial score (nSPS) is 31.1. The lowest BCUT2D eigenvalue weighted by Crippen LogP contribution is -2.61. The van der Waals surface area contributed by atoms with Gasteiger partial charge in [-0.15, -0.1) is 0 Å². The molecule has 2 unspecified atom stereocenters. The number of carbonyl (C=O) groups is 2. The Balaban J connectivity index is 1.42. The van der Waals surface area contributed by atoms with Crippen LogP contribution in [0.3, 0.4) is 0 Å². The van der Waals surface area contributed by atoms with Crippen molar-refractivity contribution in [2.45, 2.75) is 50.4 Å². The third-order valence-electron chi connectivity index (χ3n) is 7.63. The average molecular weight is 423 g/mol. The number of methoxy groups -OCH3 is 1. The topological polar surface area (TPSA) is 80.6 Å². The van der Waals surface area contributed by atoms with Crippen molar-refractivity contribution in [3.63, 3.8) is 0 Å². The van der Waals surface area contributed by atoms with Crippen LogP contribution in [-0.4, -0.2) is 40.1 Å². The van der Waals surface area contributed by atoms with Gasteiger partial charge in [0.05, 0.1) is 17.9 Å². The van der Waals surface area contributed by atoms with Crippen LogP contribution in [-0.2, 0) is 18.4 Å². The molecule has 6 rings (SSSR count). The first kappa shape index (κ1) is 20.5. The standard InChI is InChI=1S/C25H30N2O4/c1-27-20(23(28)16-6-4-3-5-7-16)10-19(14-31-2)22(27)24(29)26-21-17-8-15-9-18(21)13-25(30,11-15)12-17/h3-7,10,15,17-18,21,30H,8-9,11-14H2,1-2H3,(H,26,29). The molecule has 4 aliphatic rings. The SMILES string of the molecule is COCc1cc(C(=O)c2ccccc2)n(C)c1C(=O)NC1C2CC3CC1CC(O)(C3)C2. The van der Waals surface area contributed by atoms with Crippen LogP contribution >= 0.6 is 0 Å². The van der Waals surface area contributed by atoms with Crippen molar-refractivity contribution in [3.05, 3.63) is 58.9 Å². The summed E-state index contributed by atoms with van der Waals surface area (Å²) in [6.45, 7) is 0.262. The van der Waals surface area contributed by atoms with Crippen LogP contribution in [0.2, 0.25) is 0 Å². The van der Waals surface area contributed by atoms with E-state index in [1.165, 1.54) is 0 Å². The molecule has 0 aliphatic heterocycles. The number of nitrogens with zero attached hydrogens (tertiary/aromatic N) is 1. The van der Waals surface area contributed by atoms with Gasteiger partial charge in [0, 0.05) is 31.3 Å². The van der Waals surface area contributed by atoms with Crippen molar-refractivity contribution < 1.29 is 19.4 Å². The molecule has 4 saturated carbocycles. The predicted molar refractivity (Wildman–Crippen MR) is 116 cm³/mol. The van der Waals surface area contributed by atoms with Gasteiger partial charge in [-0.3, -0.25) is 9.59 Å².